The Morgan fingerprint density at radius 1 is 1.03 bits per heavy atom. The standard InChI is InChI=1S/C11H15N5O5.3H3O4P/c1-6-3-15(9-2-7(18)8(4-17)21-9)11(20)16(10(6)19)5-13-14-12;3*1-5(2,3)4/h3,7-9,17-18H,2,4-5H2,1H3;3*(H3,1,2,3,4)/t7-,8+,9+;;;/m0.../s1. The van der Waals surface area contributed by atoms with Crippen molar-refractivity contribution in [3.63, 3.8) is 0 Å². The fourth-order valence-electron chi connectivity index (χ4n) is 2.23. The Balaban J connectivity index is 0. The number of aliphatic hydroxyl groups excluding tert-OH is 2. The van der Waals surface area contributed by atoms with Crippen molar-refractivity contribution in [2.75, 3.05) is 6.61 Å². The first-order chi connectivity index (χ1) is 16.0. The van der Waals surface area contributed by atoms with E-state index in [9.17, 15) is 14.7 Å². The number of ether oxygens (including phenoxy) is 1. The van der Waals surface area contributed by atoms with Crippen molar-refractivity contribution in [3.05, 3.63) is 43.0 Å². The average molecular weight is 591 g/mol. The van der Waals surface area contributed by atoms with Crippen LogP contribution in [0.5, 0.6) is 0 Å². The lowest BCUT2D eigenvalue weighted by atomic mass is 10.2. The van der Waals surface area contributed by atoms with Crippen LogP contribution in [-0.2, 0) is 25.1 Å². The molecule has 0 unspecified atom stereocenters. The summed E-state index contributed by atoms with van der Waals surface area (Å²) < 4.78 is 34.0. The lowest BCUT2D eigenvalue weighted by molar-refractivity contribution is -0.0463. The van der Waals surface area contributed by atoms with Crippen LogP contribution in [0.1, 0.15) is 18.2 Å². The molecule has 210 valence electrons. The van der Waals surface area contributed by atoms with Crippen LogP contribution in [0.3, 0.4) is 0 Å². The molecule has 22 nitrogen and oxygen atoms in total. The highest BCUT2D eigenvalue weighted by molar-refractivity contribution is 7.45. The predicted molar refractivity (Wildman–Crippen MR) is 113 cm³/mol. The largest absolute Gasteiger partial charge is 0.466 e. The lowest BCUT2D eigenvalue weighted by Gasteiger charge is -2.16. The van der Waals surface area contributed by atoms with Crippen LogP contribution in [0.25, 0.3) is 10.4 Å². The molecule has 1 saturated heterocycles. The van der Waals surface area contributed by atoms with Gasteiger partial charge >= 0.3 is 29.2 Å². The molecule has 0 amide bonds. The quantitative estimate of drug-likeness (QED) is 0.0698. The molecular weight excluding hydrogens is 567 g/mol. The van der Waals surface area contributed by atoms with Crippen LogP contribution in [-0.4, -0.2) is 82.2 Å². The zero-order chi connectivity index (χ0) is 29.1. The molecule has 3 atom stereocenters. The van der Waals surface area contributed by atoms with Gasteiger partial charge in [-0.3, -0.25) is 13.9 Å². The number of nitrogens with zero attached hydrogens (tertiary/aromatic N) is 5. The summed E-state index contributed by atoms with van der Waals surface area (Å²) in [6.45, 7) is 0.720. The van der Waals surface area contributed by atoms with E-state index >= 15 is 0 Å². The fourth-order valence-corrected chi connectivity index (χ4v) is 2.23. The molecule has 25 heteroatoms. The normalized spacial score (nSPS) is 19.4. The summed E-state index contributed by atoms with van der Waals surface area (Å²) in [5.41, 5.74) is 7.33. The Hall–Kier alpha value is -1.80. The second-order valence-corrected chi connectivity index (χ2v) is 9.34. The first-order valence-corrected chi connectivity index (χ1v) is 13.3. The van der Waals surface area contributed by atoms with Crippen molar-refractivity contribution >= 4 is 23.5 Å². The molecule has 0 bridgehead atoms. The second-order valence-electron chi connectivity index (χ2n) is 6.26. The summed E-state index contributed by atoms with van der Waals surface area (Å²) in [5, 5.41) is 22.0. The second kappa shape index (κ2) is 15.5. The number of hydrogen-bond donors (Lipinski definition) is 11. The SMILES string of the molecule is Cc1cn([C@H]2C[C@H](O)[C@@H](CO)O2)c(=O)n(CN=[N+]=[N-])c1=O.O=P(O)(O)O.O=P(O)(O)O.O=P(O)(O)O. The molecule has 11 N–H and O–H groups in total. The maximum atomic E-state index is 12.3. The molecule has 2 heterocycles. The van der Waals surface area contributed by atoms with E-state index in [0.717, 1.165) is 9.13 Å². The highest BCUT2D eigenvalue weighted by Gasteiger charge is 2.35. The first kappa shape index (κ1) is 36.4. The van der Waals surface area contributed by atoms with Gasteiger partial charge in [-0.1, -0.05) is 5.11 Å². The smallest absolute Gasteiger partial charge is 0.394 e. The maximum absolute atomic E-state index is 12.3. The zero-order valence-corrected chi connectivity index (χ0v) is 20.6. The summed E-state index contributed by atoms with van der Waals surface area (Å²) in [7, 11) is -13.9. The number of aromatic nitrogens is 2. The van der Waals surface area contributed by atoms with Gasteiger partial charge in [-0.05, 0) is 12.5 Å². The number of hydrogen-bond acceptors (Lipinski definition) is 9. The van der Waals surface area contributed by atoms with Crippen molar-refractivity contribution in [1.29, 1.82) is 0 Å². The number of aryl methyl sites for hydroxylation is 1. The van der Waals surface area contributed by atoms with Crippen LogP contribution < -0.4 is 11.2 Å². The molecule has 1 aliphatic heterocycles. The Morgan fingerprint density at radius 2 is 1.44 bits per heavy atom. The summed E-state index contributed by atoms with van der Waals surface area (Å²) >= 11 is 0. The molecule has 1 aromatic rings. The van der Waals surface area contributed by atoms with Gasteiger partial charge in [-0.15, -0.1) is 0 Å². The van der Waals surface area contributed by atoms with E-state index in [2.05, 4.69) is 10.0 Å². The molecule has 1 aromatic heterocycles. The molecule has 0 saturated carbocycles. The van der Waals surface area contributed by atoms with Gasteiger partial charge in [-0.25, -0.2) is 18.5 Å². The Morgan fingerprint density at radius 3 is 1.78 bits per heavy atom. The third-order valence-corrected chi connectivity index (χ3v) is 3.33. The van der Waals surface area contributed by atoms with Crippen LogP contribution in [0.4, 0.5) is 0 Å². The molecule has 0 aromatic carbocycles. The Kier molecular flexibility index (Phi) is 15.6. The van der Waals surface area contributed by atoms with Gasteiger partial charge in [-0.2, -0.15) is 0 Å². The van der Waals surface area contributed by atoms with Crippen molar-refractivity contribution in [2.45, 2.75) is 38.4 Å². The molecular formula is C11H24N5O17P3. The predicted octanol–water partition coefficient (Wildman–Crippen LogP) is -3.56. The molecule has 36 heavy (non-hydrogen) atoms. The molecule has 0 spiro atoms. The van der Waals surface area contributed by atoms with E-state index in [1.807, 2.05) is 0 Å². The van der Waals surface area contributed by atoms with E-state index in [-0.39, 0.29) is 18.6 Å². The molecule has 2 rings (SSSR count). The molecule has 0 radical (unpaired) electrons. The fraction of sp³-hybridized carbons (Fsp3) is 0.636. The van der Waals surface area contributed by atoms with E-state index in [0.29, 0.717) is 0 Å². The van der Waals surface area contributed by atoms with E-state index in [1.165, 1.54) is 13.1 Å². The van der Waals surface area contributed by atoms with Gasteiger partial charge in [0.15, 0.2) is 0 Å². The van der Waals surface area contributed by atoms with Gasteiger partial charge in [0.25, 0.3) is 5.56 Å². The highest BCUT2D eigenvalue weighted by atomic mass is 31.2. The third-order valence-electron chi connectivity index (χ3n) is 3.33. The van der Waals surface area contributed by atoms with Gasteiger partial charge in [0.05, 0.1) is 12.7 Å². The van der Waals surface area contributed by atoms with Gasteiger partial charge in [0.1, 0.15) is 19.0 Å². The molecule has 1 fully saturated rings. The number of phosphoric acid groups is 3. The van der Waals surface area contributed by atoms with E-state index < -0.39 is 59.8 Å². The Labute approximate surface area is 199 Å². The van der Waals surface area contributed by atoms with Crippen molar-refractivity contribution in [2.24, 2.45) is 5.11 Å². The van der Waals surface area contributed by atoms with Crippen molar-refractivity contribution in [3.8, 4) is 0 Å². The maximum Gasteiger partial charge on any atom is 0.466 e. The first-order valence-electron chi connectivity index (χ1n) is 8.62. The lowest BCUT2D eigenvalue weighted by Crippen LogP contribution is -2.41. The van der Waals surface area contributed by atoms with Gasteiger partial charge < -0.3 is 59.0 Å². The summed E-state index contributed by atoms with van der Waals surface area (Å²) in [6.07, 6.45) is -1.02. The average Bonchev–Trinajstić information content (AvgIpc) is 3.01. The Bertz CT molecular complexity index is 1070. The van der Waals surface area contributed by atoms with E-state index in [4.69, 9.17) is 73.1 Å². The highest BCUT2D eigenvalue weighted by Crippen LogP contribution is 2.28. The van der Waals surface area contributed by atoms with Crippen LogP contribution in [0, 0.1) is 6.92 Å². The molecule has 0 aliphatic carbocycles. The monoisotopic (exact) mass is 591 g/mol. The third kappa shape index (κ3) is 19.4. The minimum atomic E-state index is -4.64. The van der Waals surface area contributed by atoms with Crippen LogP contribution >= 0.6 is 23.5 Å². The van der Waals surface area contributed by atoms with Crippen molar-refractivity contribution < 1.29 is 72.7 Å². The van der Waals surface area contributed by atoms with E-state index in [1.54, 1.807) is 0 Å². The minimum Gasteiger partial charge on any atom is -0.394 e. The topological polar surface area (TPSA) is 376 Å². The number of azide groups is 1. The van der Waals surface area contributed by atoms with Gasteiger partial charge in [0.2, 0.25) is 0 Å². The summed E-state index contributed by atoms with van der Waals surface area (Å²) in [5.74, 6) is 0. The summed E-state index contributed by atoms with van der Waals surface area (Å²) in [4.78, 5) is 91.3. The molecule has 1 aliphatic rings. The zero-order valence-electron chi connectivity index (χ0n) is 17.9. The van der Waals surface area contributed by atoms with Crippen molar-refractivity contribution in [1.82, 2.24) is 9.13 Å². The number of rotatable bonds is 4. The van der Waals surface area contributed by atoms with Crippen LogP contribution in [0.2, 0.25) is 0 Å². The number of aliphatic hydroxyl groups is 2. The minimum absolute atomic E-state index is 0.115. The van der Waals surface area contributed by atoms with Gasteiger partial charge in [0, 0.05) is 23.1 Å². The summed E-state index contributed by atoms with van der Waals surface area (Å²) in [6, 6.07) is 0. The van der Waals surface area contributed by atoms with Crippen LogP contribution in [0.15, 0.2) is 20.9 Å².